The number of hydrogen-bond donors (Lipinski definition) is 2. The number of amides is 2. The van der Waals surface area contributed by atoms with E-state index in [1.807, 2.05) is 50.2 Å². The number of benzene rings is 2. The molecule has 0 fully saturated rings. The molecule has 2 aromatic carbocycles. The Morgan fingerprint density at radius 2 is 1.58 bits per heavy atom. The summed E-state index contributed by atoms with van der Waals surface area (Å²) >= 11 is 0. The second-order valence-electron chi connectivity index (χ2n) is 5.89. The molecule has 0 bridgehead atoms. The first kappa shape index (κ1) is 17.4. The SMILES string of the molecule is Cc1nn(-c2ccccc2)c(C)c1NC(=O)CNC(=O)c1ccccc1. The molecule has 0 aliphatic carbocycles. The number of anilines is 1. The Morgan fingerprint density at radius 3 is 2.23 bits per heavy atom. The highest BCUT2D eigenvalue weighted by molar-refractivity contribution is 5.99. The molecule has 0 radical (unpaired) electrons. The van der Waals surface area contributed by atoms with Crippen LogP contribution in [0.15, 0.2) is 60.7 Å². The average Bonchev–Trinajstić information content (AvgIpc) is 2.95. The van der Waals surface area contributed by atoms with Crippen LogP contribution in [-0.2, 0) is 4.79 Å². The van der Waals surface area contributed by atoms with Gasteiger partial charge in [-0.1, -0.05) is 36.4 Å². The van der Waals surface area contributed by atoms with Crippen molar-refractivity contribution in [2.75, 3.05) is 11.9 Å². The van der Waals surface area contributed by atoms with Gasteiger partial charge in [0.15, 0.2) is 0 Å². The van der Waals surface area contributed by atoms with Gasteiger partial charge in [-0.05, 0) is 38.1 Å². The maximum absolute atomic E-state index is 12.2. The number of hydrogen-bond acceptors (Lipinski definition) is 3. The second-order valence-corrected chi connectivity index (χ2v) is 5.89. The van der Waals surface area contributed by atoms with Crippen molar-refractivity contribution in [1.29, 1.82) is 0 Å². The molecule has 1 aromatic heterocycles. The number of rotatable bonds is 5. The lowest BCUT2D eigenvalue weighted by Gasteiger charge is -2.08. The predicted molar refractivity (Wildman–Crippen MR) is 100 cm³/mol. The van der Waals surface area contributed by atoms with E-state index in [2.05, 4.69) is 15.7 Å². The summed E-state index contributed by atoms with van der Waals surface area (Å²) in [5.74, 6) is -0.581. The van der Waals surface area contributed by atoms with E-state index in [1.165, 1.54) is 0 Å². The zero-order chi connectivity index (χ0) is 18.5. The zero-order valence-electron chi connectivity index (χ0n) is 14.7. The Balaban J connectivity index is 1.66. The van der Waals surface area contributed by atoms with Crippen LogP contribution in [0, 0.1) is 13.8 Å². The summed E-state index contributed by atoms with van der Waals surface area (Å²) in [5, 5.41) is 9.95. The second kappa shape index (κ2) is 7.65. The number of carbonyl (C=O) groups is 2. The minimum atomic E-state index is -0.298. The third-order valence-corrected chi connectivity index (χ3v) is 4.00. The van der Waals surface area contributed by atoms with Crippen LogP contribution in [0.1, 0.15) is 21.7 Å². The average molecular weight is 348 g/mol. The van der Waals surface area contributed by atoms with Crippen LogP contribution in [-0.4, -0.2) is 28.1 Å². The Bertz CT molecular complexity index is 918. The number of aryl methyl sites for hydroxylation is 1. The summed E-state index contributed by atoms with van der Waals surface area (Å²) in [5.41, 5.74) is 3.65. The Kier molecular flexibility index (Phi) is 5.12. The lowest BCUT2D eigenvalue weighted by molar-refractivity contribution is -0.115. The van der Waals surface area contributed by atoms with Gasteiger partial charge in [0, 0.05) is 5.56 Å². The van der Waals surface area contributed by atoms with Gasteiger partial charge in [-0.3, -0.25) is 9.59 Å². The van der Waals surface area contributed by atoms with Gasteiger partial charge in [0.1, 0.15) is 0 Å². The smallest absolute Gasteiger partial charge is 0.251 e. The van der Waals surface area contributed by atoms with Crippen LogP contribution in [0.2, 0.25) is 0 Å². The molecule has 0 unspecified atom stereocenters. The van der Waals surface area contributed by atoms with Gasteiger partial charge in [0.05, 0.1) is 29.3 Å². The van der Waals surface area contributed by atoms with Crippen LogP contribution in [0.5, 0.6) is 0 Å². The monoisotopic (exact) mass is 348 g/mol. The van der Waals surface area contributed by atoms with Crippen molar-refractivity contribution in [3.05, 3.63) is 77.6 Å². The molecule has 0 saturated heterocycles. The third kappa shape index (κ3) is 3.80. The van der Waals surface area contributed by atoms with Gasteiger partial charge in [-0.15, -0.1) is 0 Å². The highest BCUT2D eigenvalue weighted by Gasteiger charge is 2.15. The quantitative estimate of drug-likeness (QED) is 0.744. The van der Waals surface area contributed by atoms with Crippen LogP contribution in [0.3, 0.4) is 0 Å². The van der Waals surface area contributed by atoms with E-state index in [1.54, 1.807) is 28.9 Å². The highest BCUT2D eigenvalue weighted by Crippen LogP contribution is 2.22. The lowest BCUT2D eigenvalue weighted by Crippen LogP contribution is -2.33. The number of para-hydroxylation sites is 1. The summed E-state index contributed by atoms with van der Waals surface area (Å²) < 4.78 is 1.79. The molecule has 6 heteroatoms. The van der Waals surface area contributed by atoms with Crippen molar-refractivity contribution in [3.63, 3.8) is 0 Å². The van der Waals surface area contributed by atoms with Gasteiger partial charge < -0.3 is 10.6 Å². The molecule has 0 spiro atoms. The van der Waals surface area contributed by atoms with E-state index in [9.17, 15) is 9.59 Å². The molecular weight excluding hydrogens is 328 g/mol. The van der Waals surface area contributed by atoms with Crippen molar-refractivity contribution < 1.29 is 9.59 Å². The molecule has 3 aromatic rings. The Morgan fingerprint density at radius 1 is 0.962 bits per heavy atom. The van der Waals surface area contributed by atoms with E-state index in [0.717, 1.165) is 11.4 Å². The molecule has 1 heterocycles. The molecular formula is C20H20N4O2. The van der Waals surface area contributed by atoms with E-state index in [-0.39, 0.29) is 18.4 Å². The highest BCUT2D eigenvalue weighted by atomic mass is 16.2. The van der Waals surface area contributed by atoms with E-state index in [0.29, 0.717) is 16.9 Å². The fourth-order valence-electron chi connectivity index (χ4n) is 2.68. The molecule has 0 aliphatic heterocycles. The first-order valence-corrected chi connectivity index (χ1v) is 8.31. The lowest BCUT2D eigenvalue weighted by atomic mass is 10.2. The minimum absolute atomic E-state index is 0.108. The standard InChI is InChI=1S/C20H20N4O2/c1-14-19(15(2)24(23-14)17-11-7-4-8-12-17)22-18(25)13-21-20(26)16-9-5-3-6-10-16/h3-12H,13H2,1-2H3,(H,21,26)(H,22,25). The Labute approximate surface area is 151 Å². The topological polar surface area (TPSA) is 76.0 Å². The van der Waals surface area contributed by atoms with Gasteiger partial charge in [0.25, 0.3) is 5.91 Å². The fraction of sp³-hybridized carbons (Fsp3) is 0.150. The van der Waals surface area contributed by atoms with Gasteiger partial charge >= 0.3 is 0 Å². The summed E-state index contributed by atoms with van der Waals surface area (Å²) in [4.78, 5) is 24.3. The van der Waals surface area contributed by atoms with Crippen molar-refractivity contribution in [2.45, 2.75) is 13.8 Å². The van der Waals surface area contributed by atoms with Crippen molar-refractivity contribution >= 4 is 17.5 Å². The molecule has 0 atom stereocenters. The van der Waals surface area contributed by atoms with Crippen molar-refractivity contribution in [2.24, 2.45) is 0 Å². The summed E-state index contributed by atoms with van der Waals surface area (Å²) in [6, 6.07) is 18.5. The largest absolute Gasteiger partial charge is 0.343 e. The summed E-state index contributed by atoms with van der Waals surface area (Å²) in [6.45, 7) is 3.62. The fourth-order valence-corrected chi connectivity index (χ4v) is 2.68. The molecule has 3 rings (SSSR count). The third-order valence-electron chi connectivity index (χ3n) is 4.00. The number of nitrogens with zero attached hydrogens (tertiary/aromatic N) is 2. The Hall–Kier alpha value is -3.41. The van der Waals surface area contributed by atoms with E-state index < -0.39 is 0 Å². The van der Waals surface area contributed by atoms with Gasteiger partial charge in [-0.2, -0.15) is 5.10 Å². The van der Waals surface area contributed by atoms with Crippen LogP contribution in [0.25, 0.3) is 5.69 Å². The molecule has 2 N–H and O–H groups in total. The van der Waals surface area contributed by atoms with Crippen molar-refractivity contribution in [1.82, 2.24) is 15.1 Å². The maximum Gasteiger partial charge on any atom is 0.251 e. The number of nitrogens with one attached hydrogen (secondary N) is 2. The molecule has 6 nitrogen and oxygen atoms in total. The summed E-state index contributed by atoms with van der Waals surface area (Å²) in [6.07, 6.45) is 0. The minimum Gasteiger partial charge on any atom is -0.343 e. The number of aromatic nitrogens is 2. The van der Waals surface area contributed by atoms with E-state index in [4.69, 9.17) is 0 Å². The molecule has 26 heavy (non-hydrogen) atoms. The molecule has 0 aliphatic rings. The van der Waals surface area contributed by atoms with Gasteiger partial charge in [0.2, 0.25) is 5.91 Å². The van der Waals surface area contributed by atoms with Crippen LogP contribution >= 0.6 is 0 Å². The first-order valence-electron chi connectivity index (χ1n) is 8.31. The molecule has 2 amide bonds. The zero-order valence-corrected chi connectivity index (χ0v) is 14.7. The summed E-state index contributed by atoms with van der Waals surface area (Å²) in [7, 11) is 0. The molecule has 132 valence electrons. The molecule has 0 saturated carbocycles. The van der Waals surface area contributed by atoms with Gasteiger partial charge in [-0.25, -0.2) is 4.68 Å². The van der Waals surface area contributed by atoms with Crippen molar-refractivity contribution in [3.8, 4) is 5.69 Å². The number of carbonyl (C=O) groups excluding carboxylic acids is 2. The van der Waals surface area contributed by atoms with Crippen LogP contribution in [0.4, 0.5) is 5.69 Å². The van der Waals surface area contributed by atoms with Crippen LogP contribution < -0.4 is 10.6 Å². The maximum atomic E-state index is 12.2. The van der Waals surface area contributed by atoms with E-state index >= 15 is 0 Å². The normalized spacial score (nSPS) is 10.4. The predicted octanol–water partition coefficient (Wildman–Crippen LogP) is 2.86. The first-order chi connectivity index (χ1) is 12.6.